The predicted molar refractivity (Wildman–Crippen MR) is 119 cm³/mol. The summed E-state index contributed by atoms with van der Waals surface area (Å²) >= 11 is 0. The monoisotopic (exact) mass is 456 g/mol. The quantitative estimate of drug-likeness (QED) is 0.556. The Bertz CT molecular complexity index is 1260. The standard InChI is InChI=1S/C24H22F2N2O3S/c1-2-28(20-10-4-3-5-11-20)32(30,31)21-12-6-8-18(15-21)24(29)27-13-7-9-17-14-19(25)16-22(26)23(17)27/h3-6,8,10-12,14-16H,2,7,9,13H2,1H3. The zero-order valence-corrected chi connectivity index (χ0v) is 18.3. The van der Waals surface area contributed by atoms with Gasteiger partial charge in [-0.05, 0) is 61.7 Å². The summed E-state index contributed by atoms with van der Waals surface area (Å²) in [6.07, 6.45) is 1.02. The van der Waals surface area contributed by atoms with Gasteiger partial charge in [0.25, 0.3) is 15.9 Å². The molecule has 0 saturated heterocycles. The minimum absolute atomic E-state index is 0.0362. The third kappa shape index (κ3) is 3.98. The smallest absolute Gasteiger partial charge is 0.264 e. The summed E-state index contributed by atoms with van der Waals surface area (Å²) in [6.45, 7) is 2.20. The fourth-order valence-electron chi connectivity index (χ4n) is 4.01. The molecule has 0 fully saturated rings. The molecule has 0 radical (unpaired) electrons. The highest BCUT2D eigenvalue weighted by atomic mass is 32.2. The third-order valence-electron chi connectivity index (χ3n) is 5.45. The molecular weight excluding hydrogens is 434 g/mol. The maximum absolute atomic E-state index is 14.5. The molecule has 3 aromatic rings. The van der Waals surface area contributed by atoms with Gasteiger partial charge in [0, 0.05) is 24.7 Å². The van der Waals surface area contributed by atoms with E-state index in [2.05, 4.69) is 0 Å². The maximum Gasteiger partial charge on any atom is 0.264 e. The van der Waals surface area contributed by atoms with Crippen molar-refractivity contribution in [1.29, 1.82) is 0 Å². The lowest BCUT2D eigenvalue weighted by molar-refractivity contribution is 0.0984. The molecule has 0 aliphatic carbocycles. The molecule has 32 heavy (non-hydrogen) atoms. The number of carbonyl (C=O) groups is 1. The molecule has 1 aliphatic rings. The number of anilines is 2. The van der Waals surface area contributed by atoms with Crippen LogP contribution in [0.1, 0.15) is 29.3 Å². The van der Waals surface area contributed by atoms with Crippen LogP contribution in [0.5, 0.6) is 0 Å². The van der Waals surface area contributed by atoms with E-state index in [-0.39, 0.29) is 29.2 Å². The zero-order chi connectivity index (χ0) is 22.9. The SMILES string of the molecule is CCN(c1ccccc1)S(=O)(=O)c1cccc(C(=O)N2CCCc3cc(F)cc(F)c32)c1. The molecule has 1 amide bonds. The van der Waals surface area contributed by atoms with Crippen LogP contribution in [-0.4, -0.2) is 27.4 Å². The van der Waals surface area contributed by atoms with Gasteiger partial charge in [-0.1, -0.05) is 24.3 Å². The maximum atomic E-state index is 14.5. The van der Waals surface area contributed by atoms with Crippen molar-refractivity contribution in [1.82, 2.24) is 0 Å². The molecular formula is C24H22F2N2O3S. The number of rotatable bonds is 5. The Balaban J connectivity index is 1.71. The summed E-state index contributed by atoms with van der Waals surface area (Å²) in [6, 6.07) is 16.4. The number of hydrogen-bond acceptors (Lipinski definition) is 3. The molecule has 0 aromatic heterocycles. The summed E-state index contributed by atoms with van der Waals surface area (Å²) in [4.78, 5) is 14.5. The van der Waals surface area contributed by atoms with Crippen LogP contribution < -0.4 is 9.21 Å². The first kappa shape index (κ1) is 22.0. The first-order valence-corrected chi connectivity index (χ1v) is 11.7. The molecule has 4 rings (SSSR count). The van der Waals surface area contributed by atoms with Gasteiger partial charge in [-0.2, -0.15) is 0 Å². The number of halogens is 2. The number of sulfonamides is 1. The molecule has 0 saturated carbocycles. The van der Waals surface area contributed by atoms with Crippen molar-refractivity contribution in [3.05, 3.63) is 89.5 Å². The van der Waals surface area contributed by atoms with Crippen LogP contribution in [0.15, 0.2) is 71.6 Å². The third-order valence-corrected chi connectivity index (χ3v) is 7.35. The second-order valence-electron chi connectivity index (χ2n) is 7.49. The lowest BCUT2D eigenvalue weighted by Crippen LogP contribution is -2.36. The molecule has 0 bridgehead atoms. The molecule has 8 heteroatoms. The number of fused-ring (bicyclic) bond motifs is 1. The van der Waals surface area contributed by atoms with Crippen molar-refractivity contribution in [3.8, 4) is 0 Å². The molecule has 5 nitrogen and oxygen atoms in total. The van der Waals surface area contributed by atoms with Crippen LogP contribution in [0.2, 0.25) is 0 Å². The number of para-hydroxylation sites is 1. The van der Waals surface area contributed by atoms with Crippen molar-refractivity contribution >= 4 is 27.3 Å². The zero-order valence-electron chi connectivity index (χ0n) is 17.5. The fourth-order valence-corrected chi connectivity index (χ4v) is 5.53. The Morgan fingerprint density at radius 2 is 1.78 bits per heavy atom. The van der Waals surface area contributed by atoms with Crippen LogP contribution >= 0.6 is 0 Å². The van der Waals surface area contributed by atoms with E-state index in [4.69, 9.17) is 0 Å². The molecule has 1 heterocycles. The summed E-state index contributed by atoms with van der Waals surface area (Å²) in [5.41, 5.74) is 1.11. The highest BCUT2D eigenvalue weighted by Crippen LogP contribution is 2.32. The van der Waals surface area contributed by atoms with Gasteiger partial charge >= 0.3 is 0 Å². The van der Waals surface area contributed by atoms with E-state index in [9.17, 15) is 22.0 Å². The lowest BCUT2D eigenvalue weighted by atomic mass is 10.00. The van der Waals surface area contributed by atoms with Crippen molar-refractivity contribution in [2.75, 3.05) is 22.3 Å². The number of hydrogen-bond donors (Lipinski definition) is 0. The van der Waals surface area contributed by atoms with Crippen molar-refractivity contribution in [2.45, 2.75) is 24.7 Å². The van der Waals surface area contributed by atoms with Gasteiger partial charge in [0.15, 0.2) is 0 Å². The molecule has 0 unspecified atom stereocenters. The fraction of sp³-hybridized carbons (Fsp3) is 0.208. The second-order valence-corrected chi connectivity index (χ2v) is 9.35. The van der Waals surface area contributed by atoms with Crippen LogP contribution in [0.4, 0.5) is 20.2 Å². The summed E-state index contributed by atoms with van der Waals surface area (Å²) in [5, 5.41) is 0. The molecule has 0 spiro atoms. The minimum Gasteiger partial charge on any atom is -0.305 e. The Kier molecular flexibility index (Phi) is 5.97. The van der Waals surface area contributed by atoms with Gasteiger partial charge in [0.05, 0.1) is 16.3 Å². The topological polar surface area (TPSA) is 57.7 Å². The van der Waals surface area contributed by atoms with E-state index < -0.39 is 27.6 Å². The normalized spacial score (nSPS) is 13.5. The Hall–Kier alpha value is -3.26. The number of carbonyl (C=O) groups excluding carboxylic acids is 1. The van der Waals surface area contributed by atoms with Gasteiger partial charge in [0.1, 0.15) is 11.6 Å². The van der Waals surface area contributed by atoms with Gasteiger partial charge < -0.3 is 4.90 Å². The number of nitrogens with zero attached hydrogens (tertiary/aromatic N) is 2. The number of amides is 1. The minimum atomic E-state index is -3.93. The van der Waals surface area contributed by atoms with Gasteiger partial charge in [-0.15, -0.1) is 0 Å². The first-order chi connectivity index (χ1) is 15.3. The average molecular weight is 457 g/mol. The van der Waals surface area contributed by atoms with E-state index in [1.54, 1.807) is 37.3 Å². The van der Waals surface area contributed by atoms with Crippen LogP contribution in [-0.2, 0) is 16.4 Å². The molecule has 0 atom stereocenters. The first-order valence-electron chi connectivity index (χ1n) is 10.3. The largest absolute Gasteiger partial charge is 0.305 e. The second kappa shape index (κ2) is 8.70. The van der Waals surface area contributed by atoms with Crippen LogP contribution in [0, 0.1) is 11.6 Å². The van der Waals surface area contributed by atoms with Crippen molar-refractivity contribution < 1.29 is 22.0 Å². The predicted octanol–water partition coefficient (Wildman–Crippen LogP) is 4.77. The average Bonchev–Trinajstić information content (AvgIpc) is 2.79. The number of aryl methyl sites for hydroxylation is 1. The summed E-state index contributed by atoms with van der Waals surface area (Å²) < 4.78 is 56.0. The van der Waals surface area contributed by atoms with E-state index in [1.165, 1.54) is 39.5 Å². The molecule has 1 aliphatic heterocycles. The van der Waals surface area contributed by atoms with E-state index in [0.29, 0.717) is 24.1 Å². The Morgan fingerprint density at radius 1 is 1.03 bits per heavy atom. The van der Waals surface area contributed by atoms with Crippen LogP contribution in [0.25, 0.3) is 0 Å². The molecule has 3 aromatic carbocycles. The summed E-state index contributed by atoms with van der Waals surface area (Å²) in [7, 11) is -3.93. The van der Waals surface area contributed by atoms with Crippen molar-refractivity contribution in [2.24, 2.45) is 0 Å². The van der Waals surface area contributed by atoms with E-state index >= 15 is 0 Å². The molecule has 166 valence electrons. The molecule has 0 N–H and O–H groups in total. The summed E-state index contributed by atoms with van der Waals surface area (Å²) in [5.74, 6) is -2.03. The van der Waals surface area contributed by atoms with Gasteiger partial charge in [-0.3, -0.25) is 9.10 Å². The highest BCUT2D eigenvalue weighted by Gasteiger charge is 2.29. The number of benzene rings is 3. The Morgan fingerprint density at radius 3 is 2.50 bits per heavy atom. The van der Waals surface area contributed by atoms with Crippen molar-refractivity contribution in [3.63, 3.8) is 0 Å². The highest BCUT2D eigenvalue weighted by molar-refractivity contribution is 7.92. The lowest BCUT2D eigenvalue weighted by Gasteiger charge is -2.30. The van der Waals surface area contributed by atoms with E-state index in [0.717, 1.165) is 6.07 Å². The van der Waals surface area contributed by atoms with E-state index in [1.807, 2.05) is 0 Å². The van der Waals surface area contributed by atoms with Crippen LogP contribution in [0.3, 0.4) is 0 Å². The Labute approximate surface area is 186 Å². The van der Waals surface area contributed by atoms with Gasteiger partial charge in [0.2, 0.25) is 0 Å². The van der Waals surface area contributed by atoms with Gasteiger partial charge in [-0.25, -0.2) is 17.2 Å².